The molecule has 0 unspecified atom stereocenters. The normalized spacial score (nSPS) is 14.0. The van der Waals surface area contributed by atoms with Crippen molar-refractivity contribution in [2.75, 3.05) is 0 Å². The van der Waals surface area contributed by atoms with Crippen LogP contribution in [0.1, 0.15) is 16.0 Å². The average molecular weight is 350 g/mol. The largest absolute Gasteiger partial charge is 0.493 e. The summed E-state index contributed by atoms with van der Waals surface area (Å²) in [5.41, 5.74) is 3.54. The smallest absolute Gasteiger partial charge is 0.307 e. The van der Waals surface area contributed by atoms with Crippen molar-refractivity contribution in [2.45, 2.75) is 6.61 Å². The highest BCUT2D eigenvalue weighted by Gasteiger charge is 2.19. The zero-order chi connectivity index (χ0) is 17.2. The molecule has 0 saturated carbocycles. The van der Waals surface area contributed by atoms with Crippen molar-refractivity contribution in [3.8, 4) is 11.6 Å². The van der Waals surface area contributed by atoms with Crippen LogP contribution in [0.25, 0.3) is 11.6 Å². The molecule has 1 aromatic heterocycles. The van der Waals surface area contributed by atoms with Gasteiger partial charge in [0.05, 0.1) is 16.1 Å². The molecule has 1 aliphatic rings. The lowest BCUT2D eigenvalue weighted by atomic mass is 10.1. The van der Waals surface area contributed by atoms with E-state index < -0.39 is 0 Å². The minimum Gasteiger partial charge on any atom is -0.493 e. The second-order valence-electron chi connectivity index (χ2n) is 5.51. The first-order valence-electron chi connectivity index (χ1n) is 7.68. The van der Waals surface area contributed by atoms with Crippen molar-refractivity contribution in [3.05, 3.63) is 74.2 Å². The maximum atomic E-state index is 11.4. The van der Waals surface area contributed by atoms with Gasteiger partial charge in [0.2, 0.25) is 5.88 Å². The molecule has 25 heavy (non-hydrogen) atoms. The van der Waals surface area contributed by atoms with Gasteiger partial charge >= 0.3 is 4.87 Å². The summed E-state index contributed by atoms with van der Waals surface area (Å²) in [4.78, 5) is 18.3. The van der Waals surface area contributed by atoms with Gasteiger partial charge in [0.25, 0.3) is 0 Å². The third-order valence-electron chi connectivity index (χ3n) is 3.82. The van der Waals surface area contributed by atoms with E-state index in [1.807, 2.05) is 48.5 Å². The topological polar surface area (TPSA) is 74.7 Å². The van der Waals surface area contributed by atoms with Crippen LogP contribution in [0, 0.1) is 0 Å². The number of aliphatic imine (C=N–C) groups is 1. The lowest BCUT2D eigenvalue weighted by Crippen LogP contribution is -1.97. The fourth-order valence-corrected chi connectivity index (χ4v) is 3.34. The summed E-state index contributed by atoms with van der Waals surface area (Å²) in [6.45, 7) is 0.452. The van der Waals surface area contributed by atoms with E-state index in [1.165, 1.54) is 0 Å². The standard InChI is InChI=1S/C19H14N2O3S/c22-18-16(25-19(23)21-18)9-13-10-20-14-7-4-8-15(17(13)14)24-11-12-5-2-1-3-6-12/h1-10,22H,11H2,(H,21,23)/b13-9+. The number of nitrogens with zero attached hydrogens (tertiary/aromatic N) is 1. The van der Waals surface area contributed by atoms with Crippen LogP contribution < -0.4 is 9.61 Å². The van der Waals surface area contributed by atoms with Gasteiger partial charge in [-0.3, -0.25) is 14.8 Å². The molecule has 124 valence electrons. The van der Waals surface area contributed by atoms with Crippen molar-refractivity contribution < 1.29 is 9.84 Å². The van der Waals surface area contributed by atoms with Crippen molar-refractivity contribution in [2.24, 2.45) is 4.99 Å². The summed E-state index contributed by atoms with van der Waals surface area (Å²) in [7, 11) is 0. The maximum absolute atomic E-state index is 11.4. The third kappa shape index (κ3) is 3.12. The zero-order valence-corrected chi connectivity index (χ0v) is 13.9. The molecule has 0 saturated heterocycles. The molecule has 0 fully saturated rings. The van der Waals surface area contributed by atoms with Crippen LogP contribution in [0.3, 0.4) is 0 Å². The molecular weight excluding hydrogens is 336 g/mol. The van der Waals surface area contributed by atoms with E-state index in [0.29, 0.717) is 17.2 Å². The number of ether oxygens (including phenoxy) is 1. The molecule has 0 aliphatic carbocycles. The van der Waals surface area contributed by atoms with Crippen molar-refractivity contribution >= 4 is 34.9 Å². The molecule has 0 spiro atoms. The Labute approximate surface area is 147 Å². The SMILES string of the molecule is O=c1[nH]c(O)c(/C=C2\C=Nc3cccc(OCc4ccccc4)c32)s1. The van der Waals surface area contributed by atoms with E-state index in [0.717, 1.165) is 33.7 Å². The molecule has 1 aliphatic heterocycles. The molecule has 4 rings (SSSR count). The van der Waals surface area contributed by atoms with Gasteiger partial charge in [0.1, 0.15) is 12.4 Å². The van der Waals surface area contributed by atoms with Gasteiger partial charge < -0.3 is 9.84 Å². The van der Waals surface area contributed by atoms with Gasteiger partial charge in [-0.2, -0.15) is 0 Å². The lowest BCUT2D eigenvalue weighted by molar-refractivity contribution is 0.305. The van der Waals surface area contributed by atoms with Gasteiger partial charge in [0.15, 0.2) is 0 Å². The Morgan fingerprint density at radius 1 is 1.16 bits per heavy atom. The maximum Gasteiger partial charge on any atom is 0.307 e. The van der Waals surface area contributed by atoms with Crippen molar-refractivity contribution in [1.82, 2.24) is 4.98 Å². The summed E-state index contributed by atoms with van der Waals surface area (Å²) < 4.78 is 5.99. The first-order chi connectivity index (χ1) is 12.2. The zero-order valence-electron chi connectivity index (χ0n) is 13.1. The molecule has 5 nitrogen and oxygen atoms in total. The Morgan fingerprint density at radius 2 is 2.00 bits per heavy atom. The van der Waals surface area contributed by atoms with Gasteiger partial charge in [-0.05, 0) is 23.8 Å². The number of fused-ring (bicyclic) bond motifs is 1. The minimum atomic E-state index is -0.298. The van der Waals surface area contributed by atoms with Gasteiger partial charge in [-0.25, -0.2) is 0 Å². The molecule has 2 aromatic carbocycles. The molecular formula is C19H14N2O3S. The molecule has 2 heterocycles. The Morgan fingerprint density at radius 3 is 2.76 bits per heavy atom. The first-order valence-corrected chi connectivity index (χ1v) is 8.50. The number of benzene rings is 2. The number of H-pyrrole nitrogens is 1. The lowest BCUT2D eigenvalue weighted by Gasteiger charge is -2.11. The van der Waals surface area contributed by atoms with Crippen LogP contribution in [0.4, 0.5) is 5.69 Å². The Balaban J connectivity index is 1.67. The van der Waals surface area contributed by atoms with E-state index in [4.69, 9.17) is 4.74 Å². The van der Waals surface area contributed by atoms with Crippen LogP contribution in [0.2, 0.25) is 0 Å². The number of nitrogens with one attached hydrogen (secondary N) is 1. The highest BCUT2D eigenvalue weighted by atomic mass is 32.1. The number of aromatic hydroxyl groups is 1. The summed E-state index contributed by atoms with van der Waals surface area (Å²) in [5.74, 6) is 0.583. The highest BCUT2D eigenvalue weighted by Crippen LogP contribution is 2.40. The molecule has 2 N–H and O–H groups in total. The summed E-state index contributed by atoms with van der Waals surface area (Å²) in [5, 5.41) is 9.80. The Hall–Kier alpha value is -3.12. The quantitative estimate of drug-likeness (QED) is 0.747. The number of aromatic amines is 1. The van der Waals surface area contributed by atoms with E-state index in [2.05, 4.69) is 9.98 Å². The molecule has 6 heteroatoms. The van der Waals surface area contributed by atoms with Crippen molar-refractivity contribution in [3.63, 3.8) is 0 Å². The van der Waals surface area contributed by atoms with Crippen molar-refractivity contribution in [1.29, 1.82) is 0 Å². The van der Waals surface area contributed by atoms with Gasteiger partial charge in [0, 0.05) is 11.8 Å². The second-order valence-corrected chi connectivity index (χ2v) is 6.52. The van der Waals surface area contributed by atoms with Crippen LogP contribution in [0.5, 0.6) is 11.6 Å². The number of hydrogen-bond acceptors (Lipinski definition) is 5. The predicted octanol–water partition coefficient (Wildman–Crippen LogP) is 3.98. The van der Waals surface area contributed by atoms with Crippen LogP contribution in [-0.2, 0) is 6.61 Å². The minimum absolute atomic E-state index is 0.132. The highest BCUT2D eigenvalue weighted by molar-refractivity contribution is 7.10. The number of aromatic nitrogens is 1. The molecule has 0 radical (unpaired) electrons. The molecule has 0 bridgehead atoms. The van der Waals surface area contributed by atoms with E-state index in [-0.39, 0.29) is 10.8 Å². The monoisotopic (exact) mass is 350 g/mol. The number of thiazole rings is 1. The Kier molecular flexibility index (Phi) is 3.95. The first kappa shape index (κ1) is 15.4. The number of allylic oxidation sites excluding steroid dienone is 1. The van der Waals surface area contributed by atoms with Crippen LogP contribution >= 0.6 is 11.3 Å². The van der Waals surface area contributed by atoms with Gasteiger partial charge in [-0.1, -0.05) is 47.7 Å². The van der Waals surface area contributed by atoms with Gasteiger partial charge in [-0.15, -0.1) is 0 Å². The van der Waals surface area contributed by atoms with E-state index in [9.17, 15) is 9.90 Å². The van der Waals surface area contributed by atoms with Crippen LogP contribution in [-0.4, -0.2) is 16.3 Å². The predicted molar refractivity (Wildman–Crippen MR) is 99.8 cm³/mol. The average Bonchev–Trinajstić information content (AvgIpc) is 3.17. The third-order valence-corrected chi connectivity index (χ3v) is 4.63. The fraction of sp³-hybridized carbons (Fsp3) is 0.0526. The molecule has 0 amide bonds. The Bertz CT molecular complexity index is 1030. The second kappa shape index (κ2) is 6.41. The summed E-state index contributed by atoms with van der Waals surface area (Å²) in [6.07, 6.45) is 3.45. The fourth-order valence-electron chi connectivity index (χ4n) is 2.66. The molecule has 3 aromatic rings. The number of hydrogen-bond donors (Lipinski definition) is 2. The summed E-state index contributed by atoms with van der Waals surface area (Å²) >= 11 is 0.952. The van der Waals surface area contributed by atoms with E-state index >= 15 is 0 Å². The van der Waals surface area contributed by atoms with Crippen LogP contribution in [0.15, 0.2) is 58.3 Å². The number of rotatable bonds is 4. The van der Waals surface area contributed by atoms with E-state index in [1.54, 1.807) is 12.3 Å². The molecule has 0 atom stereocenters. The summed E-state index contributed by atoms with van der Waals surface area (Å²) in [6, 6.07) is 15.6.